The van der Waals surface area contributed by atoms with Crippen molar-refractivity contribution in [1.82, 2.24) is 0 Å². The lowest BCUT2D eigenvalue weighted by Gasteiger charge is -2.08. The van der Waals surface area contributed by atoms with Crippen molar-refractivity contribution in [3.63, 3.8) is 0 Å². The van der Waals surface area contributed by atoms with E-state index in [1.54, 1.807) is 0 Å². The maximum absolute atomic E-state index is 9.00. The van der Waals surface area contributed by atoms with Crippen molar-refractivity contribution >= 4 is 5.97 Å². The summed E-state index contributed by atoms with van der Waals surface area (Å²) < 4.78 is 0. The van der Waals surface area contributed by atoms with Crippen molar-refractivity contribution in [3.8, 4) is 11.1 Å². The summed E-state index contributed by atoms with van der Waals surface area (Å²) in [6, 6.07) is 18.6. The molecular formula is C17H20O4. The average Bonchev–Trinajstić information content (AvgIpc) is 2.48. The summed E-state index contributed by atoms with van der Waals surface area (Å²) >= 11 is 0. The molecule has 4 heteroatoms. The van der Waals surface area contributed by atoms with Crippen LogP contribution in [0.3, 0.4) is 0 Å². The van der Waals surface area contributed by atoms with Crippen LogP contribution in [0.25, 0.3) is 11.1 Å². The minimum Gasteiger partial charge on any atom is -0.481 e. The Morgan fingerprint density at radius 2 is 1.52 bits per heavy atom. The molecule has 1 unspecified atom stereocenters. The van der Waals surface area contributed by atoms with Crippen LogP contribution in [0.5, 0.6) is 0 Å². The van der Waals surface area contributed by atoms with Crippen molar-refractivity contribution < 1.29 is 20.0 Å². The lowest BCUT2D eigenvalue weighted by atomic mass is 10.0. The maximum atomic E-state index is 9.00. The van der Waals surface area contributed by atoms with Gasteiger partial charge in [0.25, 0.3) is 5.97 Å². The van der Waals surface area contributed by atoms with Gasteiger partial charge in [-0.05, 0) is 23.6 Å². The topological polar surface area (TPSA) is 66.8 Å². The predicted octanol–water partition coefficient (Wildman–Crippen LogP) is 3.87. The summed E-state index contributed by atoms with van der Waals surface area (Å²) in [7, 11) is 0. The largest absolute Gasteiger partial charge is 0.481 e. The monoisotopic (exact) mass is 288 g/mol. The summed E-state index contributed by atoms with van der Waals surface area (Å²) in [6.45, 7) is 2.92. The highest BCUT2D eigenvalue weighted by Gasteiger charge is 2.03. The van der Waals surface area contributed by atoms with Crippen LogP contribution in [0.15, 0.2) is 54.6 Å². The Morgan fingerprint density at radius 1 is 1.05 bits per heavy atom. The summed E-state index contributed by atoms with van der Waals surface area (Å²) in [5.41, 5.74) is 3.57. The van der Waals surface area contributed by atoms with Crippen LogP contribution < -0.4 is 0 Å². The Kier molecular flexibility index (Phi) is 7.15. The zero-order chi connectivity index (χ0) is 15.7. The van der Waals surface area contributed by atoms with Crippen LogP contribution in [-0.4, -0.2) is 22.4 Å². The first kappa shape index (κ1) is 16.9. The molecule has 0 saturated carbocycles. The van der Waals surface area contributed by atoms with E-state index in [0.717, 1.165) is 12.5 Å². The highest BCUT2D eigenvalue weighted by Crippen LogP contribution is 2.19. The molecule has 0 saturated heterocycles. The van der Waals surface area contributed by atoms with Crippen molar-refractivity contribution in [2.24, 2.45) is 0 Å². The highest BCUT2D eigenvalue weighted by atomic mass is 17.1. The minimum absolute atomic E-state index is 0.169. The summed E-state index contributed by atoms with van der Waals surface area (Å²) in [5.74, 6) is -0.833. The van der Waals surface area contributed by atoms with Crippen molar-refractivity contribution in [2.75, 3.05) is 0 Å². The third-order valence-corrected chi connectivity index (χ3v) is 2.76. The van der Waals surface area contributed by atoms with Gasteiger partial charge in [0.15, 0.2) is 0 Å². The molecule has 2 aromatic carbocycles. The Labute approximate surface area is 124 Å². The van der Waals surface area contributed by atoms with Gasteiger partial charge in [-0.15, -0.1) is 0 Å². The fraction of sp³-hybridized carbons (Fsp3) is 0.235. The van der Waals surface area contributed by atoms with E-state index in [0.29, 0.717) is 6.42 Å². The third-order valence-electron chi connectivity index (χ3n) is 2.76. The second-order valence-electron chi connectivity index (χ2n) is 4.70. The van der Waals surface area contributed by atoms with E-state index >= 15 is 0 Å². The van der Waals surface area contributed by atoms with Gasteiger partial charge in [0.1, 0.15) is 0 Å². The van der Waals surface area contributed by atoms with Gasteiger partial charge in [-0.2, -0.15) is 0 Å². The number of hydrogen-bond donors (Lipinski definition) is 2. The normalized spacial score (nSPS) is 11.2. The summed E-state index contributed by atoms with van der Waals surface area (Å²) in [4.78, 5) is 13.3. The number of rotatable bonds is 4. The second kappa shape index (κ2) is 8.89. The molecule has 0 aliphatic carbocycles. The first-order valence-electron chi connectivity index (χ1n) is 6.67. The Morgan fingerprint density at radius 3 is 2.00 bits per heavy atom. The first-order valence-corrected chi connectivity index (χ1v) is 6.67. The standard InChI is InChI=1S/C15H16O2.C2H4O2/c1-12(17-16)11-13-7-9-15(10-8-13)14-5-3-2-4-6-14;1-2(3)4/h2-10,12,16H,11H2,1H3;1H3,(H,3,4). The minimum atomic E-state index is -0.833. The van der Waals surface area contributed by atoms with Crippen molar-refractivity contribution in [2.45, 2.75) is 26.4 Å². The number of benzene rings is 2. The Bertz CT molecular complexity index is 530. The van der Waals surface area contributed by atoms with Gasteiger partial charge >= 0.3 is 0 Å². The van der Waals surface area contributed by atoms with Gasteiger partial charge in [-0.1, -0.05) is 54.6 Å². The fourth-order valence-corrected chi connectivity index (χ4v) is 1.83. The van der Waals surface area contributed by atoms with Gasteiger partial charge in [-0.25, -0.2) is 4.89 Å². The van der Waals surface area contributed by atoms with Crippen LogP contribution in [0, 0.1) is 0 Å². The van der Waals surface area contributed by atoms with Gasteiger partial charge in [0.2, 0.25) is 0 Å². The number of carboxylic acid groups (broad SMARTS) is 1. The number of carbonyl (C=O) groups is 1. The van der Waals surface area contributed by atoms with Gasteiger partial charge in [0.05, 0.1) is 6.10 Å². The zero-order valence-corrected chi connectivity index (χ0v) is 12.2. The number of carboxylic acids is 1. The third kappa shape index (κ3) is 6.70. The van der Waals surface area contributed by atoms with Gasteiger partial charge in [0, 0.05) is 13.3 Å². The van der Waals surface area contributed by atoms with E-state index in [2.05, 4.69) is 41.3 Å². The smallest absolute Gasteiger partial charge is 0.300 e. The van der Waals surface area contributed by atoms with Crippen LogP contribution >= 0.6 is 0 Å². The molecule has 0 aromatic heterocycles. The van der Waals surface area contributed by atoms with E-state index in [1.807, 2.05) is 25.1 Å². The van der Waals surface area contributed by atoms with E-state index < -0.39 is 5.97 Å². The van der Waals surface area contributed by atoms with Crippen LogP contribution in [0.4, 0.5) is 0 Å². The molecule has 2 rings (SSSR count). The molecule has 0 bridgehead atoms. The molecule has 1 atom stereocenters. The van der Waals surface area contributed by atoms with Crippen molar-refractivity contribution in [1.29, 1.82) is 0 Å². The maximum Gasteiger partial charge on any atom is 0.300 e. The van der Waals surface area contributed by atoms with E-state index in [9.17, 15) is 0 Å². The molecule has 4 nitrogen and oxygen atoms in total. The zero-order valence-electron chi connectivity index (χ0n) is 12.2. The van der Waals surface area contributed by atoms with Crippen molar-refractivity contribution in [3.05, 3.63) is 60.2 Å². The lowest BCUT2D eigenvalue weighted by molar-refractivity contribution is -0.273. The number of aliphatic carboxylic acids is 1. The van der Waals surface area contributed by atoms with Gasteiger partial charge in [-0.3, -0.25) is 10.1 Å². The quantitative estimate of drug-likeness (QED) is 0.662. The molecule has 0 aliphatic heterocycles. The molecule has 0 heterocycles. The molecule has 0 spiro atoms. The van der Waals surface area contributed by atoms with Gasteiger partial charge < -0.3 is 5.11 Å². The first-order chi connectivity index (χ1) is 10.0. The SMILES string of the molecule is CC(=O)O.CC(Cc1ccc(-c2ccccc2)cc1)OO. The molecular weight excluding hydrogens is 268 g/mol. The second-order valence-corrected chi connectivity index (χ2v) is 4.70. The summed E-state index contributed by atoms with van der Waals surface area (Å²) in [5, 5.41) is 15.9. The molecule has 0 aliphatic rings. The molecule has 21 heavy (non-hydrogen) atoms. The summed E-state index contributed by atoms with van der Waals surface area (Å²) in [6.07, 6.45) is 0.545. The lowest BCUT2D eigenvalue weighted by Crippen LogP contribution is -2.08. The Balaban J connectivity index is 0.000000491. The van der Waals surface area contributed by atoms with Crippen LogP contribution in [0.2, 0.25) is 0 Å². The highest BCUT2D eigenvalue weighted by molar-refractivity contribution is 5.63. The predicted molar refractivity (Wildman–Crippen MR) is 82.1 cm³/mol. The van der Waals surface area contributed by atoms with Crippen LogP contribution in [0.1, 0.15) is 19.4 Å². The molecule has 2 N–H and O–H groups in total. The van der Waals surface area contributed by atoms with E-state index in [4.69, 9.17) is 15.2 Å². The molecule has 112 valence electrons. The van der Waals surface area contributed by atoms with E-state index in [-0.39, 0.29) is 6.10 Å². The fourth-order valence-electron chi connectivity index (χ4n) is 1.83. The molecule has 0 radical (unpaired) electrons. The number of hydrogen-bond acceptors (Lipinski definition) is 3. The molecule has 0 amide bonds. The Hall–Kier alpha value is -2.17. The molecule has 0 fully saturated rings. The molecule has 2 aromatic rings. The van der Waals surface area contributed by atoms with Crippen LogP contribution in [-0.2, 0) is 16.1 Å². The average molecular weight is 288 g/mol. The van der Waals surface area contributed by atoms with E-state index in [1.165, 1.54) is 11.1 Å².